The van der Waals surface area contributed by atoms with Gasteiger partial charge in [-0.25, -0.2) is 14.7 Å². The van der Waals surface area contributed by atoms with E-state index in [1.165, 1.54) is 0 Å². The molecular formula is C22H26ClN7. The van der Waals surface area contributed by atoms with Gasteiger partial charge in [0.25, 0.3) is 0 Å². The molecule has 0 saturated carbocycles. The van der Waals surface area contributed by atoms with E-state index in [0.717, 1.165) is 49.1 Å². The third-order valence-corrected chi connectivity index (χ3v) is 5.33. The molecule has 1 unspecified atom stereocenters. The van der Waals surface area contributed by atoms with E-state index >= 15 is 0 Å². The fourth-order valence-electron chi connectivity index (χ4n) is 3.54. The molecule has 0 radical (unpaired) electrons. The maximum atomic E-state index is 6.30. The van der Waals surface area contributed by atoms with Crippen molar-refractivity contribution in [2.24, 2.45) is 4.99 Å². The third kappa shape index (κ3) is 4.91. The van der Waals surface area contributed by atoms with Gasteiger partial charge in [-0.1, -0.05) is 23.7 Å². The van der Waals surface area contributed by atoms with Gasteiger partial charge in [-0.2, -0.15) is 5.10 Å². The number of benzene rings is 1. The summed E-state index contributed by atoms with van der Waals surface area (Å²) in [4.78, 5) is 11.4. The maximum Gasteiger partial charge on any atom is 0.191 e. The van der Waals surface area contributed by atoms with Crippen molar-refractivity contribution < 1.29 is 0 Å². The molecule has 156 valence electrons. The summed E-state index contributed by atoms with van der Waals surface area (Å²) in [6.07, 6.45) is 6.50. The summed E-state index contributed by atoms with van der Waals surface area (Å²) < 4.78 is 1.85. The van der Waals surface area contributed by atoms with Crippen molar-refractivity contribution in [3.05, 3.63) is 71.6 Å². The first-order valence-electron chi connectivity index (χ1n) is 10.2. The molecule has 8 heteroatoms. The summed E-state index contributed by atoms with van der Waals surface area (Å²) in [7, 11) is 0. The zero-order chi connectivity index (χ0) is 20.8. The van der Waals surface area contributed by atoms with Crippen LogP contribution in [0.5, 0.6) is 0 Å². The molecule has 3 heterocycles. The lowest BCUT2D eigenvalue weighted by atomic mass is 10.2. The highest BCUT2D eigenvalue weighted by Gasteiger charge is 2.25. The van der Waals surface area contributed by atoms with Gasteiger partial charge in [-0.15, -0.1) is 0 Å². The zero-order valence-electron chi connectivity index (χ0n) is 17.0. The second-order valence-corrected chi connectivity index (χ2v) is 7.60. The summed E-state index contributed by atoms with van der Waals surface area (Å²) in [5, 5.41) is 11.8. The molecule has 1 aromatic carbocycles. The Morgan fingerprint density at radius 2 is 2.07 bits per heavy atom. The molecule has 0 bridgehead atoms. The van der Waals surface area contributed by atoms with E-state index in [4.69, 9.17) is 16.6 Å². The number of hydrogen-bond acceptors (Lipinski definition) is 4. The number of pyridine rings is 1. The van der Waals surface area contributed by atoms with E-state index in [-0.39, 0.29) is 0 Å². The average molecular weight is 424 g/mol. The fourth-order valence-corrected chi connectivity index (χ4v) is 3.78. The Labute approximate surface area is 181 Å². The Hall–Kier alpha value is -3.06. The molecule has 1 aliphatic rings. The summed E-state index contributed by atoms with van der Waals surface area (Å²) in [6, 6.07) is 14.2. The maximum absolute atomic E-state index is 6.30. The monoisotopic (exact) mass is 423 g/mol. The normalized spacial score (nSPS) is 16.7. The van der Waals surface area contributed by atoms with Crippen molar-refractivity contribution in [3.8, 4) is 5.69 Å². The van der Waals surface area contributed by atoms with E-state index in [2.05, 4.69) is 56.8 Å². The largest absolute Gasteiger partial charge is 0.357 e. The molecule has 30 heavy (non-hydrogen) atoms. The quantitative estimate of drug-likeness (QED) is 0.470. The highest BCUT2D eigenvalue weighted by molar-refractivity contribution is 6.32. The van der Waals surface area contributed by atoms with Crippen LogP contribution in [0.25, 0.3) is 5.69 Å². The van der Waals surface area contributed by atoms with Crippen LogP contribution in [0.2, 0.25) is 5.02 Å². The predicted molar refractivity (Wildman–Crippen MR) is 121 cm³/mol. The van der Waals surface area contributed by atoms with Gasteiger partial charge in [-0.3, -0.25) is 0 Å². The minimum atomic E-state index is 0.295. The number of nitrogens with one attached hydrogen (secondary N) is 2. The Kier molecular flexibility index (Phi) is 6.49. The Morgan fingerprint density at radius 3 is 2.80 bits per heavy atom. The number of hydrogen-bond donors (Lipinski definition) is 2. The van der Waals surface area contributed by atoms with Gasteiger partial charge in [-0.05, 0) is 49.2 Å². The topological polar surface area (TPSA) is 70.4 Å². The van der Waals surface area contributed by atoms with Gasteiger partial charge < -0.3 is 15.5 Å². The number of guanidine groups is 1. The lowest BCUT2D eigenvalue weighted by Gasteiger charge is -2.20. The summed E-state index contributed by atoms with van der Waals surface area (Å²) >= 11 is 6.30. The number of halogens is 1. The number of anilines is 1. The molecule has 1 atom stereocenters. The second-order valence-electron chi connectivity index (χ2n) is 7.20. The van der Waals surface area contributed by atoms with E-state index < -0.39 is 0 Å². The molecule has 1 fully saturated rings. The lowest BCUT2D eigenvalue weighted by Crippen LogP contribution is -2.44. The van der Waals surface area contributed by atoms with Crippen molar-refractivity contribution in [1.82, 2.24) is 25.4 Å². The fraction of sp³-hybridized carbons (Fsp3) is 0.318. The average Bonchev–Trinajstić information content (AvgIpc) is 3.45. The van der Waals surface area contributed by atoms with E-state index in [9.17, 15) is 0 Å². The highest BCUT2D eigenvalue weighted by Crippen LogP contribution is 2.25. The van der Waals surface area contributed by atoms with E-state index in [0.29, 0.717) is 17.6 Å². The minimum absolute atomic E-state index is 0.295. The molecule has 4 rings (SSSR count). The Balaban J connectivity index is 1.37. The molecule has 1 aliphatic heterocycles. The molecule has 2 N–H and O–H groups in total. The number of aromatic nitrogens is 3. The van der Waals surface area contributed by atoms with Crippen LogP contribution in [0.15, 0.2) is 66.0 Å². The van der Waals surface area contributed by atoms with Gasteiger partial charge in [0, 0.05) is 44.3 Å². The van der Waals surface area contributed by atoms with Crippen molar-refractivity contribution in [1.29, 1.82) is 0 Å². The summed E-state index contributed by atoms with van der Waals surface area (Å²) in [5.74, 6) is 1.68. The molecule has 7 nitrogen and oxygen atoms in total. The van der Waals surface area contributed by atoms with Crippen molar-refractivity contribution in [2.45, 2.75) is 25.9 Å². The highest BCUT2D eigenvalue weighted by atomic mass is 35.5. The smallest absolute Gasteiger partial charge is 0.191 e. The Bertz CT molecular complexity index is 969. The molecular weight excluding hydrogens is 398 g/mol. The van der Waals surface area contributed by atoms with Gasteiger partial charge in [0.15, 0.2) is 5.96 Å². The molecule has 3 aromatic rings. The molecule has 1 saturated heterocycles. The number of aliphatic imine (C=N–C) groups is 1. The van der Waals surface area contributed by atoms with Crippen LogP contribution < -0.4 is 15.5 Å². The van der Waals surface area contributed by atoms with Gasteiger partial charge in [0.2, 0.25) is 0 Å². The predicted octanol–water partition coefficient (Wildman–Crippen LogP) is 3.25. The van der Waals surface area contributed by atoms with Gasteiger partial charge >= 0.3 is 0 Å². The SMILES string of the molecule is CCNC(=NCc1ccc(-n2cccn2)cc1)NC1CCN(c2ncccc2Cl)C1. The van der Waals surface area contributed by atoms with Crippen LogP contribution in [0.3, 0.4) is 0 Å². The first-order chi connectivity index (χ1) is 14.7. The molecule has 0 amide bonds. The zero-order valence-corrected chi connectivity index (χ0v) is 17.8. The van der Waals surface area contributed by atoms with E-state index in [1.807, 2.05) is 29.1 Å². The first kappa shape index (κ1) is 20.2. The third-order valence-electron chi connectivity index (χ3n) is 5.04. The summed E-state index contributed by atoms with van der Waals surface area (Å²) in [5.41, 5.74) is 2.19. The van der Waals surface area contributed by atoms with Crippen molar-refractivity contribution >= 4 is 23.4 Å². The lowest BCUT2D eigenvalue weighted by molar-refractivity contribution is 0.649. The molecule has 2 aromatic heterocycles. The van der Waals surface area contributed by atoms with E-state index in [1.54, 1.807) is 12.4 Å². The Morgan fingerprint density at radius 1 is 1.20 bits per heavy atom. The van der Waals surface area contributed by atoms with Crippen LogP contribution >= 0.6 is 11.6 Å². The van der Waals surface area contributed by atoms with Crippen molar-refractivity contribution in [3.63, 3.8) is 0 Å². The molecule has 0 spiro atoms. The van der Waals surface area contributed by atoms with Crippen LogP contribution in [-0.2, 0) is 6.54 Å². The van der Waals surface area contributed by atoms with Crippen LogP contribution in [0, 0.1) is 0 Å². The van der Waals surface area contributed by atoms with Crippen LogP contribution in [0.1, 0.15) is 18.9 Å². The standard InChI is InChI=1S/C22H26ClN7/c1-2-24-22(26-15-17-6-8-19(9-7-17)30-13-4-12-27-30)28-18-10-14-29(16-18)21-20(23)5-3-11-25-21/h3-9,11-13,18H,2,10,14-16H2,1H3,(H2,24,26,28). The second kappa shape index (κ2) is 9.63. The minimum Gasteiger partial charge on any atom is -0.357 e. The van der Waals surface area contributed by atoms with Gasteiger partial charge in [0.05, 0.1) is 17.3 Å². The van der Waals surface area contributed by atoms with Crippen LogP contribution in [-0.4, -0.2) is 46.4 Å². The van der Waals surface area contributed by atoms with Crippen molar-refractivity contribution in [2.75, 3.05) is 24.5 Å². The number of rotatable bonds is 6. The van der Waals surface area contributed by atoms with Gasteiger partial charge in [0.1, 0.15) is 5.82 Å². The molecule has 0 aliphatic carbocycles. The first-order valence-corrected chi connectivity index (χ1v) is 10.6. The number of nitrogens with zero attached hydrogens (tertiary/aromatic N) is 5. The summed E-state index contributed by atoms with van der Waals surface area (Å²) in [6.45, 7) is 5.26. The van der Waals surface area contributed by atoms with Crippen LogP contribution in [0.4, 0.5) is 5.82 Å².